The molecule has 2 rings (SSSR count). The highest BCUT2D eigenvalue weighted by molar-refractivity contribution is 6.31. The average molecular weight is 293 g/mol. The second kappa shape index (κ2) is 7.46. The molecule has 1 atom stereocenters. The van der Waals surface area contributed by atoms with E-state index in [2.05, 4.69) is 22.9 Å². The lowest BCUT2D eigenvalue weighted by Gasteiger charge is -2.24. The normalized spacial score (nSPS) is 18.9. The number of benzene rings is 1. The Bertz CT molecular complexity index is 475. The molecule has 1 aliphatic heterocycles. The Hall–Kier alpha value is -1.32. The van der Waals surface area contributed by atoms with Gasteiger partial charge in [-0.1, -0.05) is 35.9 Å². The lowest BCUT2D eigenvalue weighted by atomic mass is 10.0. The zero-order valence-corrected chi connectivity index (χ0v) is 12.4. The molecule has 1 aromatic carbocycles. The second-order valence-corrected chi connectivity index (χ2v) is 5.56. The topological polar surface area (TPSA) is 32.3 Å². The third-order valence-electron chi connectivity index (χ3n) is 3.70. The summed E-state index contributed by atoms with van der Waals surface area (Å²) in [5, 5.41) is 3.65. The van der Waals surface area contributed by atoms with Crippen LogP contribution in [0.15, 0.2) is 36.9 Å². The molecular formula is C16H21ClN2O. The molecule has 3 nitrogen and oxygen atoms in total. The number of rotatable bonds is 6. The molecule has 0 radical (unpaired) electrons. The number of nitrogens with zero attached hydrogens (tertiary/aromatic N) is 1. The fourth-order valence-electron chi connectivity index (χ4n) is 2.68. The van der Waals surface area contributed by atoms with Crippen molar-refractivity contribution in [2.45, 2.75) is 25.3 Å². The van der Waals surface area contributed by atoms with E-state index in [1.54, 1.807) is 6.08 Å². The van der Waals surface area contributed by atoms with Gasteiger partial charge in [0.25, 0.3) is 0 Å². The summed E-state index contributed by atoms with van der Waals surface area (Å²) in [6.07, 6.45) is 4.88. The van der Waals surface area contributed by atoms with Crippen LogP contribution in [0.3, 0.4) is 0 Å². The number of hydrogen-bond donors (Lipinski definition) is 1. The Kier molecular flexibility index (Phi) is 5.62. The number of likely N-dealkylation sites (tertiary alicyclic amines) is 1. The van der Waals surface area contributed by atoms with Crippen LogP contribution in [0.5, 0.6) is 0 Å². The third-order valence-corrected chi connectivity index (χ3v) is 4.07. The van der Waals surface area contributed by atoms with Gasteiger partial charge in [0.2, 0.25) is 5.91 Å². The van der Waals surface area contributed by atoms with Crippen molar-refractivity contribution in [2.75, 3.05) is 19.6 Å². The van der Waals surface area contributed by atoms with Crippen molar-refractivity contribution in [3.63, 3.8) is 0 Å². The van der Waals surface area contributed by atoms with Crippen molar-refractivity contribution < 1.29 is 4.79 Å². The Balaban J connectivity index is 1.92. The van der Waals surface area contributed by atoms with Crippen LogP contribution in [0.25, 0.3) is 0 Å². The first-order chi connectivity index (χ1) is 9.70. The number of carbonyl (C=O) groups excluding carboxylic acids is 1. The smallest absolute Gasteiger partial charge is 0.234 e. The third kappa shape index (κ3) is 4.09. The van der Waals surface area contributed by atoms with Gasteiger partial charge in [-0.25, -0.2) is 0 Å². The van der Waals surface area contributed by atoms with E-state index in [9.17, 15) is 4.79 Å². The summed E-state index contributed by atoms with van der Waals surface area (Å²) in [6.45, 7) is 5.58. The standard InChI is InChI=1S/C16H21ClN2O/c1-2-9-18-16(20)12-19-10-5-7-14(19)11-13-6-3-4-8-15(13)17/h2-4,6,8,14H,1,5,7,9-12H2,(H,18,20). The average Bonchev–Trinajstić information content (AvgIpc) is 2.86. The van der Waals surface area contributed by atoms with Crippen LogP contribution >= 0.6 is 11.6 Å². The summed E-state index contributed by atoms with van der Waals surface area (Å²) in [5.74, 6) is 0.0657. The molecular weight excluding hydrogens is 272 g/mol. The zero-order valence-electron chi connectivity index (χ0n) is 11.6. The largest absolute Gasteiger partial charge is 0.352 e. The summed E-state index contributed by atoms with van der Waals surface area (Å²) >= 11 is 6.22. The maximum Gasteiger partial charge on any atom is 0.234 e. The maximum atomic E-state index is 11.8. The van der Waals surface area contributed by atoms with Crippen molar-refractivity contribution in [3.05, 3.63) is 47.5 Å². The lowest BCUT2D eigenvalue weighted by Crippen LogP contribution is -2.40. The zero-order chi connectivity index (χ0) is 14.4. The molecule has 0 aliphatic carbocycles. The Morgan fingerprint density at radius 3 is 3.05 bits per heavy atom. The molecule has 4 heteroatoms. The molecule has 1 saturated heterocycles. The van der Waals surface area contributed by atoms with Crippen molar-refractivity contribution >= 4 is 17.5 Å². The summed E-state index contributed by atoms with van der Waals surface area (Å²) in [5.41, 5.74) is 1.16. The molecule has 1 heterocycles. The van der Waals surface area contributed by atoms with Crippen LogP contribution in [0.2, 0.25) is 5.02 Å². The number of carbonyl (C=O) groups is 1. The molecule has 0 aromatic heterocycles. The molecule has 1 N–H and O–H groups in total. The first-order valence-corrected chi connectivity index (χ1v) is 7.43. The van der Waals surface area contributed by atoms with Crippen LogP contribution < -0.4 is 5.32 Å². The molecule has 0 saturated carbocycles. The van der Waals surface area contributed by atoms with Crippen LogP contribution in [0.1, 0.15) is 18.4 Å². The van der Waals surface area contributed by atoms with E-state index in [4.69, 9.17) is 11.6 Å². The van der Waals surface area contributed by atoms with Gasteiger partial charge < -0.3 is 5.32 Å². The second-order valence-electron chi connectivity index (χ2n) is 5.15. The van der Waals surface area contributed by atoms with Crippen LogP contribution in [-0.4, -0.2) is 36.5 Å². The van der Waals surface area contributed by atoms with Gasteiger partial charge in [0, 0.05) is 17.6 Å². The summed E-state index contributed by atoms with van der Waals surface area (Å²) in [4.78, 5) is 14.0. The molecule has 1 fully saturated rings. The molecule has 1 unspecified atom stereocenters. The predicted octanol–water partition coefficient (Wildman–Crippen LogP) is 2.65. The number of hydrogen-bond acceptors (Lipinski definition) is 2. The van der Waals surface area contributed by atoms with Gasteiger partial charge in [-0.05, 0) is 37.4 Å². The fraction of sp³-hybridized carbons (Fsp3) is 0.438. The van der Waals surface area contributed by atoms with E-state index in [0.29, 0.717) is 19.1 Å². The minimum absolute atomic E-state index is 0.0657. The van der Waals surface area contributed by atoms with Gasteiger partial charge in [0.15, 0.2) is 0 Å². The number of nitrogens with one attached hydrogen (secondary N) is 1. The van der Waals surface area contributed by atoms with E-state index in [-0.39, 0.29) is 5.91 Å². The van der Waals surface area contributed by atoms with Crippen LogP contribution in [-0.2, 0) is 11.2 Å². The summed E-state index contributed by atoms with van der Waals surface area (Å²) < 4.78 is 0. The first kappa shape index (κ1) is 15.1. The molecule has 1 aliphatic rings. The highest BCUT2D eigenvalue weighted by Gasteiger charge is 2.26. The highest BCUT2D eigenvalue weighted by Crippen LogP contribution is 2.24. The highest BCUT2D eigenvalue weighted by atomic mass is 35.5. The molecule has 108 valence electrons. The lowest BCUT2D eigenvalue weighted by molar-refractivity contribution is -0.122. The molecule has 0 bridgehead atoms. The van der Waals surface area contributed by atoms with E-state index in [0.717, 1.165) is 36.4 Å². The summed E-state index contributed by atoms with van der Waals surface area (Å²) in [7, 11) is 0. The molecule has 20 heavy (non-hydrogen) atoms. The van der Waals surface area contributed by atoms with Crippen molar-refractivity contribution in [1.29, 1.82) is 0 Å². The summed E-state index contributed by atoms with van der Waals surface area (Å²) in [6, 6.07) is 8.35. The van der Waals surface area contributed by atoms with Gasteiger partial charge >= 0.3 is 0 Å². The number of amides is 1. The number of halogens is 1. The van der Waals surface area contributed by atoms with Gasteiger partial charge in [0.1, 0.15) is 0 Å². The Morgan fingerprint density at radius 2 is 2.30 bits per heavy atom. The van der Waals surface area contributed by atoms with Crippen molar-refractivity contribution in [3.8, 4) is 0 Å². The minimum Gasteiger partial charge on any atom is -0.352 e. The quantitative estimate of drug-likeness (QED) is 0.818. The minimum atomic E-state index is 0.0657. The maximum absolute atomic E-state index is 11.8. The van der Waals surface area contributed by atoms with Crippen LogP contribution in [0.4, 0.5) is 0 Å². The van der Waals surface area contributed by atoms with Gasteiger partial charge in [-0.3, -0.25) is 9.69 Å². The molecule has 1 amide bonds. The van der Waals surface area contributed by atoms with E-state index < -0.39 is 0 Å². The monoisotopic (exact) mass is 292 g/mol. The first-order valence-electron chi connectivity index (χ1n) is 7.05. The van der Waals surface area contributed by atoms with E-state index in [1.807, 2.05) is 18.2 Å². The molecule has 1 aromatic rings. The van der Waals surface area contributed by atoms with Crippen LogP contribution in [0, 0.1) is 0 Å². The van der Waals surface area contributed by atoms with Gasteiger partial charge in [-0.2, -0.15) is 0 Å². The van der Waals surface area contributed by atoms with Gasteiger partial charge in [0.05, 0.1) is 6.54 Å². The predicted molar refractivity (Wildman–Crippen MR) is 83.0 cm³/mol. The SMILES string of the molecule is C=CCNC(=O)CN1CCCC1Cc1ccccc1Cl. The van der Waals surface area contributed by atoms with E-state index in [1.165, 1.54) is 0 Å². The van der Waals surface area contributed by atoms with Crippen molar-refractivity contribution in [2.24, 2.45) is 0 Å². The van der Waals surface area contributed by atoms with Crippen molar-refractivity contribution in [1.82, 2.24) is 10.2 Å². The fourth-order valence-corrected chi connectivity index (χ4v) is 2.89. The van der Waals surface area contributed by atoms with E-state index >= 15 is 0 Å². The molecule has 0 spiro atoms. The Labute approximate surface area is 125 Å². The van der Waals surface area contributed by atoms with Gasteiger partial charge in [-0.15, -0.1) is 6.58 Å². The Morgan fingerprint density at radius 1 is 1.50 bits per heavy atom.